The molecule has 0 aliphatic rings. The second kappa shape index (κ2) is 21.3. The lowest BCUT2D eigenvalue weighted by Crippen LogP contribution is -2.23. The van der Waals surface area contributed by atoms with Crippen LogP contribution in [-0.4, -0.2) is 18.0 Å². The van der Waals surface area contributed by atoms with Crippen molar-refractivity contribution in [1.82, 2.24) is 4.90 Å². The molecule has 1 unspecified atom stereocenters. The van der Waals surface area contributed by atoms with Crippen LogP contribution in [0.2, 0.25) is 0 Å². The number of hydrogen-bond acceptors (Lipinski definition) is 2. The first-order chi connectivity index (χ1) is 14.8. The van der Waals surface area contributed by atoms with Crippen LogP contribution in [0, 0.1) is 13.8 Å². The minimum atomic E-state index is 0. The van der Waals surface area contributed by atoms with Crippen molar-refractivity contribution in [2.45, 2.75) is 88.6 Å². The minimum Gasteiger partial charge on any atom is -0.399 e. The van der Waals surface area contributed by atoms with Gasteiger partial charge < -0.3 is 5.73 Å². The standard InChI is InChI=1S/C16H24BrN.C8H11N.2C2H6.CH4/c1-5-10-18(7-3)12-15-9-8-14(11-16(15)17)13(4)6-2;1-6-3-4-7(2)8(9)5-6;2*1-2;/h6,8-9,11,13H,2,5,7,10,12H2,1,3-4H3;3-5H,9H2,1-2H3;2*1-2H3;1H4. The summed E-state index contributed by atoms with van der Waals surface area (Å²) in [5, 5.41) is 0. The highest BCUT2D eigenvalue weighted by molar-refractivity contribution is 9.10. The van der Waals surface area contributed by atoms with Gasteiger partial charge in [0, 0.05) is 16.7 Å². The van der Waals surface area contributed by atoms with Crippen LogP contribution in [0.3, 0.4) is 0 Å². The molecule has 0 spiro atoms. The number of rotatable bonds is 7. The van der Waals surface area contributed by atoms with E-state index in [2.05, 4.69) is 72.4 Å². The number of nitrogen functional groups attached to an aromatic ring is 1. The van der Waals surface area contributed by atoms with Crippen LogP contribution >= 0.6 is 15.9 Å². The molecule has 0 heterocycles. The van der Waals surface area contributed by atoms with Crippen molar-refractivity contribution < 1.29 is 0 Å². The monoisotopic (exact) mass is 506 g/mol. The Kier molecular flexibility index (Phi) is 23.3. The molecule has 1 atom stereocenters. The highest BCUT2D eigenvalue weighted by Crippen LogP contribution is 2.25. The molecule has 2 aromatic rings. The summed E-state index contributed by atoms with van der Waals surface area (Å²) in [5.41, 5.74) is 11.6. The third-order valence-corrected chi connectivity index (χ3v) is 5.51. The number of hydrogen-bond donors (Lipinski definition) is 1. The summed E-state index contributed by atoms with van der Waals surface area (Å²) in [6.07, 6.45) is 3.19. The maximum atomic E-state index is 5.62. The molecule has 3 heteroatoms. The van der Waals surface area contributed by atoms with Gasteiger partial charge in [0.05, 0.1) is 0 Å². The Morgan fingerprint density at radius 2 is 1.62 bits per heavy atom. The average Bonchev–Trinajstić information content (AvgIpc) is 2.80. The van der Waals surface area contributed by atoms with E-state index in [0.717, 1.165) is 30.9 Å². The molecule has 184 valence electrons. The Balaban J connectivity index is -0.000000506. The lowest BCUT2D eigenvalue weighted by atomic mass is 10.00. The number of nitrogens with two attached hydrogens (primary N) is 1. The molecular formula is C29H51BrN2. The zero-order valence-electron chi connectivity index (χ0n) is 21.6. The fourth-order valence-corrected chi connectivity index (χ4v) is 3.30. The maximum Gasteiger partial charge on any atom is 0.0346 e. The Morgan fingerprint density at radius 1 is 1.03 bits per heavy atom. The summed E-state index contributed by atoms with van der Waals surface area (Å²) >= 11 is 3.69. The number of anilines is 1. The van der Waals surface area contributed by atoms with Gasteiger partial charge in [0.2, 0.25) is 0 Å². The third kappa shape index (κ3) is 13.8. The summed E-state index contributed by atoms with van der Waals surface area (Å²) < 4.78 is 1.21. The van der Waals surface area contributed by atoms with Gasteiger partial charge >= 0.3 is 0 Å². The first-order valence-corrected chi connectivity index (χ1v) is 12.6. The van der Waals surface area contributed by atoms with E-state index in [1.54, 1.807) is 0 Å². The van der Waals surface area contributed by atoms with Crippen LogP contribution in [0.1, 0.15) is 90.5 Å². The molecule has 32 heavy (non-hydrogen) atoms. The molecule has 2 rings (SSSR count). The summed E-state index contributed by atoms with van der Waals surface area (Å²) in [4.78, 5) is 2.47. The number of nitrogens with zero attached hydrogens (tertiary/aromatic N) is 1. The summed E-state index contributed by atoms with van der Waals surface area (Å²) in [6, 6.07) is 12.7. The fourth-order valence-electron chi connectivity index (χ4n) is 2.78. The highest BCUT2D eigenvalue weighted by Gasteiger charge is 2.08. The van der Waals surface area contributed by atoms with Gasteiger partial charge in [-0.3, -0.25) is 4.90 Å². The second-order valence-corrected chi connectivity index (χ2v) is 7.96. The molecule has 0 bridgehead atoms. The molecule has 0 amide bonds. The average molecular weight is 508 g/mol. The van der Waals surface area contributed by atoms with E-state index >= 15 is 0 Å². The molecule has 2 N–H and O–H groups in total. The van der Waals surface area contributed by atoms with Gasteiger partial charge in [-0.25, -0.2) is 0 Å². The lowest BCUT2D eigenvalue weighted by Gasteiger charge is -2.21. The van der Waals surface area contributed by atoms with Crippen molar-refractivity contribution in [3.8, 4) is 0 Å². The van der Waals surface area contributed by atoms with Crippen molar-refractivity contribution in [3.05, 3.63) is 75.8 Å². The zero-order valence-corrected chi connectivity index (χ0v) is 23.1. The molecule has 2 nitrogen and oxygen atoms in total. The number of allylic oxidation sites excluding steroid dienone is 1. The molecule has 0 saturated carbocycles. The molecule has 0 aliphatic carbocycles. The van der Waals surface area contributed by atoms with Crippen molar-refractivity contribution in [3.63, 3.8) is 0 Å². The molecule has 2 aromatic carbocycles. The lowest BCUT2D eigenvalue weighted by molar-refractivity contribution is 0.280. The zero-order chi connectivity index (χ0) is 24.4. The van der Waals surface area contributed by atoms with Crippen LogP contribution in [-0.2, 0) is 6.54 Å². The Morgan fingerprint density at radius 3 is 2.03 bits per heavy atom. The molecular weight excluding hydrogens is 456 g/mol. The first-order valence-electron chi connectivity index (χ1n) is 11.8. The quantitative estimate of drug-likeness (QED) is 0.299. The van der Waals surface area contributed by atoms with E-state index in [-0.39, 0.29) is 7.43 Å². The Hall–Kier alpha value is -1.58. The predicted molar refractivity (Wildman–Crippen MR) is 154 cm³/mol. The largest absolute Gasteiger partial charge is 0.399 e. The van der Waals surface area contributed by atoms with Gasteiger partial charge in [0.1, 0.15) is 0 Å². The molecule has 0 fully saturated rings. The number of aryl methyl sites for hydroxylation is 2. The van der Waals surface area contributed by atoms with E-state index in [0.29, 0.717) is 5.92 Å². The predicted octanol–water partition coefficient (Wildman–Crippen LogP) is 9.54. The third-order valence-electron chi connectivity index (χ3n) is 4.77. The topological polar surface area (TPSA) is 29.3 Å². The van der Waals surface area contributed by atoms with E-state index in [9.17, 15) is 0 Å². The van der Waals surface area contributed by atoms with Crippen LogP contribution < -0.4 is 5.73 Å². The maximum absolute atomic E-state index is 5.62. The fraction of sp³-hybridized carbons (Fsp3) is 0.517. The highest BCUT2D eigenvalue weighted by atomic mass is 79.9. The summed E-state index contributed by atoms with van der Waals surface area (Å²) in [6.45, 7) is 25.8. The van der Waals surface area contributed by atoms with Gasteiger partial charge in [0.15, 0.2) is 0 Å². The van der Waals surface area contributed by atoms with Crippen molar-refractivity contribution >= 4 is 21.6 Å². The molecule has 0 radical (unpaired) electrons. The van der Waals surface area contributed by atoms with Gasteiger partial charge in [-0.1, -0.05) is 102 Å². The number of halogens is 1. The smallest absolute Gasteiger partial charge is 0.0346 e. The second-order valence-electron chi connectivity index (χ2n) is 7.10. The molecule has 0 aromatic heterocycles. The molecule has 0 aliphatic heterocycles. The van der Waals surface area contributed by atoms with E-state index in [1.165, 1.54) is 27.6 Å². The van der Waals surface area contributed by atoms with Gasteiger partial charge in [-0.2, -0.15) is 0 Å². The van der Waals surface area contributed by atoms with Crippen LogP contribution in [0.4, 0.5) is 5.69 Å². The van der Waals surface area contributed by atoms with Crippen molar-refractivity contribution in [2.75, 3.05) is 18.8 Å². The molecule has 0 saturated heterocycles. The van der Waals surface area contributed by atoms with E-state index in [1.807, 2.05) is 59.8 Å². The van der Waals surface area contributed by atoms with E-state index < -0.39 is 0 Å². The Labute approximate surface area is 209 Å². The van der Waals surface area contributed by atoms with Crippen LogP contribution in [0.15, 0.2) is 53.5 Å². The SMILES string of the molecule is C.C=CC(C)c1ccc(CN(CC)CCC)c(Br)c1.CC.CC.Cc1ccc(C)c(N)c1. The van der Waals surface area contributed by atoms with Crippen LogP contribution in [0.5, 0.6) is 0 Å². The van der Waals surface area contributed by atoms with Gasteiger partial charge in [-0.15, -0.1) is 6.58 Å². The van der Waals surface area contributed by atoms with Gasteiger partial charge in [0.25, 0.3) is 0 Å². The van der Waals surface area contributed by atoms with Crippen molar-refractivity contribution in [1.29, 1.82) is 0 Å². The normalized spacial score (nSPS) is 10.2. The number of benzene rings is 2. The van der Waals surface area contributed by atoms with E-state index in [4.69, 9.17) is 5.73 Å². The summed E-state index contributed by atoms with van der Waals surface area (Å²) in [7, 11) is 0. The Bertz CT molecular complexity index is 725. The van der Waals surface area contributed by atoms with Crippen molar-refractivity contribution in [2.24, 2.45) is 0 Å². The summed E-state index contributed by atoms with van der Waals surface area (Å²) in [5.74, 6) is 0.410. The minimum absolute atomic E-state index is 0. The van der Waals surface area contributed by atoms with Gasteiger partial charge in [-0.05, 0) is 73.7 Å². The first kappa shape index (κ1) is 35.0. The van der Waals surface area contributed by atoms with Crippen LogP contribution in [0.25, 0.3) is 0 Å².